The molecule has 116 valence electrons. The molecule has 3 nitrogen and oxygen atoms in total. The highest BCUT2D eigenvalue weighted by molar-refractivity contribution is 7.17. The molecule has 0 saturated heterocycles. The van der Waals surface area contributed by atoms with Crippen molar-refractivity contribution in [3.05, 3.63) is 70.7 Å². The van der Waals surface area contributed by atoms with E-state index < -0.39 is 0 Å². The number of ketones is 1. The standard InChI is InChI=1S/C19H17NO2S/c1-13-18(14(2)21)23-19(20-13)16-9-6-10-17(11-16)22-12-15-7-4-3-5-8-15/h3-11H,12H2,1-2H3. The van der Waals surface area contributed by atoms with Crippen LogP contribution in [0, 0.1) is 6.92 Å². The van der Waals surface area contributed by atoms with Crippen molar-refractivity contribution in [1.82, 2.24) is 4.98 Å². The molecule has 1 aromatic heterocycles. The van der Waals surface area contributed by atoms with E-state index >= 15 is 0 Å². The van der Waals surface area contributed by atoms with Crippen LogP contribution in [0.2, 0.25) is 0 Å². The lowest BCUT2D eigenvalue weighted by Gasteiger charge is -2.07. The van der Waals surface area contributed by atoms with Gasteiger partial charge >= 0.3 is 0 Å². The summed E-state index contributed by atoms with van der Waals surface area (Å²) in [6, 6.07) is 17.9. The van der Waals surface area contributed by atoms with Crippen molar-refractivity contribution in [1.29, 1.82) is 0 Å². The highest BCUT2D eigenvalue weighted by Gasteiger charge is 2.13. The molecule has 0 aliphatic carbocycles. The summed E-state index contributed by atoms with van der Waals surface area (Å²) in [5, 5.41) is 0.845. The van der Waals surface area contributed by atoms with Crippen LogP contribution in [0.5, 0.6) is 5.75 Å². The van der Waals surface area contributed by atoms with Crippen LogP contribution in [0.25, 0.3) is 10.6 Å². The molecule has 0 unspecified atom stereocenters. The summed E-state index contributed by atoms with van der Waals surface area (Å²) < 4.78 is 5.85. The summed E-state index contributed by atoms with van der Waals surface area (Å²) in [6.45, 7) is 3.97. The number of aromatic nitrogens is 1. The van der Waals surface area contributed by atoms with Gasteiger partial charge in [-0.25, -0.2) is 4.98 Å². The van der Waals surface area contributed by atoms with Gasteiger partial charge in [0, 0.05) is 12.5 Å². The van der Waals surface area contributed by atoms with Gasteiger partial charge in [-0.1, -0.05) is 42.5 Å². The molecule has 0 saturated carbocycles. The summed E-state index contributed by atoms with van der Waals surface area (Å²) in [7, 11) is 0. The van der Waals surface area contributed by atoms with Crippen LogP contribution in [-0.4, -0.2) is 10.8 Å². The maximum Gasteiger partial charge on any atom is 0.171 e. The Bertz CT molecular complexity index is 824. The van der Waals surface area contributed by atoms with Crippen molar-refractivity contribution in [3.8, 4) is 16.3 Å². The lowest BCUT2D eigenvalue weighted by molar-refractivity contribution is 0.102. The fourth-order valence-corrected chi connectivity index (χ4v) is 3.26. The Morgan fingerprint density at radius 3 is 2.61 bits per heavy atom. The zero-order valence-corrected chi connectivity index (χ0v) is 13.9. The molecule has 1 heterocycles. The molecule has 2 aromatic carbocycles. The van der Waals surface area contributed by atoms with E-state index in [0.717, 1.165) is 32.5 Å². The molecule has 23 heavy (non-hydrogen) atoms. The van der Waals surface area contributed by atoms with E-state index in [4.69, 9.17) is 4.74 Å². The average molecular weight is 323 g/mol. The number of thiazole rings is 1. The number of Topliss-reactive ketones (excluding diaryl/α,β-unsaturated/α-hetero) is 1. The topological polar surface area (TPSA) is 39.2 Å². The zero-order chi connectivity index (χ0) is 16.2. The van der Waals surface area contributed by atoms with Crippen LogP contribution >= 0.6 is 11.3 Å². The summed E-state index contributed by atoms with van der Waals surface area (Å²) in [5.74, 6) is 0.853. The van der Waals surface area contributed by atoms with E-state index in [9.17, 15) is 4.79 Å². The highest BCUT2D eigenvalue weighted by atomic mass is 32.1. The first kappa shape index (κ1) is 15.4. The fraction of sp³-hybridized carbons (Fsp3) is 0.158. The Morgan fingerprint density at radius 1 is 1.13 bits per heavy atom. The largest absolute Gasteiger partial charge is 0.489 e. The SMILES string of the molecule is CC(=O)c1sc(-c2cccc(OCc3ccccc3)c2)nc1C. The molecule has 0 bridgehead atoms. The van der Waals surface area contributed by atoms with Crippen molar-refractivity contribution >= 4 is 17.1 Å². The van der Waals surface area contributed by atoms with Gasteiger partial charge < -0.3 is 4.74 Å². The van der Waals surface area contributed by atoms with E-state index in [1.54, 1.807) is 6.92 Å². The predicted molar refractivity (Wildman–Crippen MR) is 93.1 cm³/mol. The average Bonchev–Trinajstić information content (AvgIpc) is 2.96. The van der Waals surface area contributed by atoms with Crippen LogP contribution in [0.4, 0.5) is 0 Å². The monoisotopic (exact) mass is 323 g/mol. The third-order valence-corrected chi connectivity index (χ3v) is 4.75. The number of hydrogen-bond acceptors (Lipinski definition) is 4. The second-order valence-corrected chi connectivity index (χ2v) is 6.29. The number of hydrogen-bond donors (Lipinski definition) is 0. The maximum absolute atomic E-state index is 11.6. The Balaban J connectivity index is 1.80. The molecule has 3 rings (SSSR count). The maximum atomic E-state index is 11.6. The van der Waals surface area contributed by atoms with Crippen LogP contribution in [0.1, 0.15) is 27.9 Å². The number of benzene rings is 2. The fourth-order valence-electron chi connectivity index (χ4n) is 2.31. The summed E-state index contributed by atoms with van der Waals surface area (Å²) in [6.07, 6.45) is 0. The van der Waals surface area contributed by atoms with Crippen LogP contribution in [0.15, 0.2) is 54.6 Å². The molecule has 0 aliphatic rings. The minimum Gasteiger partial charge on any atom is -0.489 e. The summed E-state index contributed by atoms with van der Waals surface area (Å²) in [4.78, 5) is 16.8. The second kappa shape index (κ2) is 6.75. The zero-order valence-electron chi connectivity index (χ0n) is 13.1. The third-order valence-electron chi connectivity index (χ3n) is 3.45. The van der Waals surface area contributed by atoms with Crippen molar-refractivity contribution in [2.45, 2.75) is 20.5 Å². The van der Waals surface area contributed by atoms with Crippen molar-refractivity contribution in [2.24, 2.45) is 0 Å². The van der Waals surface area contributed by atoms with Gasteiger partial charge in [-0.2, -0.15) is 0 Å². The molecule has 0 aliphatic heterocycles. The van der Waals surface area contributed by atoms with Gasteiger partial charge in [-0.15, -0.1) is 11.3 Å². The highest BCUT2D eigenvalue weighted by Crippen LogP contribution is 2.30. The van der Waals surface area contributed by atoms with Crippen molar-refractivity contribution in [3.63, 3.8) is 0 Å². The number of rotatable bonds is 5. The van der Waals surface area contributed by atoms with E-state index in [-0.39, 0.29) is 5.78 Å². The number of aryl methyl sites for hydroxylation is 1. The van der Waals surface area contributed by atoms with Gasteiger partial charge in [0.25, 0.3) is 0 Å². The van der Waals surface area contributed by atoms with E-state index in [0.29, 0.717) is 6.61 Å². The molecular formula is C19H17NO2S. The molecule has 0 amide bonds. The lowest BCUT2D eigenvalue weighted by Crippen LogP contribution is -1.94. The Hall–Kier alpha value is -2.46. The lowest BCUT2D eigenvalue weighted by atomic mass is 10.2. The minimum absolute atomic E-state index is 0.0581. The number of carbonyl (C=O) groups excluding carboxylic acids is 1. The first-order valence-electron chi connectivity index (χ1n) is 7.39. The first-order valence-corrected chi connectivity index (χ1v) is 8.20. The van der Waals surface area contributed by atoms with Crippen LogP contribution in [-0.2, 0) is 6.61 Å². The molecule has 0 N–H and O–H groups in total. The Labute approximate surface area is 139 Å². The van der Waals surface area contributed by atoms with E-state index in [2.05, 4.69) is 4.98 Å². The van der Waals surface area contributed by atoms with Gasteiger partial charge in [0.1, 0.15) is 17.4 Å². The Kier molecular flexibility index (Phi) is 4.53. The van der Waals surface area contributed by atoms with Gasteiger partial charge in [-0.05, 0) is 24.6 Å². The van der Waals surface area contributed by atoms with Crippen molar-refractivity contribution in [2.75, 3.05) is 0 Å². The predicted octanol–water partition coefficient (Wildman–Crippen LogP) is 4.90. The van der Waals surface area contributed by atoms with Gasteiger partial charge in [0.05, 0.1) is 10.6 Å². The first-order chi connectivity index (χ1) is 11.1. The van der Waals surface area contributed by atoms with Crippen molar-refractivity contribution < 1.29 is 9.53 Å². The smallest absolute Gasteiger partial charge is 0.171 e. The molecular weight excluding hydrogens is 306 g/mol. The normalized spacial score (nSPS) is 10.5. The number of carbonyl (C=O) groups is 1. The van der Waals surface area contributed by atoms with Gasteiger partial charge in [0.15, 0.2) is 5.78 Å². The van der Waals surface area contributed by atoms with Gasteiger partial charge in [0.2, 0.25) is 0 Å². The summed E-state index contributed by atoms with van der Waals surface area (Å²) >= 11 is 1.43. The molecule has 0 spiro atoms. The molecule has 4 heteroatoms. The van der Waals surface area contributed by atoms with E-state index in [1.165, 1.54) is 11.3 Å². The number of ether oxygens (including phenoxy) is 1. The molecule has 0 fully saturated rings. The Morgan fingerprint density at radius 2 is 1.91 bits per heavy atom. The summed E-state index contributed by atoms with van der Waals surface area (Å²) in [5.41, 5.74) is 2.88. The van der Waals surface area contributed by atoms with E-state index in [1.807, 2.05) is 61.5 Å². The third kappa shape index (κ3) is 3.66. The minimum atomic E-state index is 0.0581. The van der Waals surface area contributed by atoms with Crippen LogP contribution < -0.4 is 4.74 Å². The molecule has 0 atom stereocenters. The number of nitrogens with zero attached hydrogens (tertiary/aromatic N) is 1. The molecule has 0 radical (unpaired) electrons. The quantitative estimate of drug-likeness (QED) is 0.627. The second-order valence-electron chi connectivity index (χ2n) is 5.29. The van der Waals surface area contributed by atoms with Crippen LogP contribution in [0.3, 0.4) is 0 Å². The van der Waals surface area contributed by atoms with Gasteiger partial charge in [-0.3, -0.25) is 4.79 Å². The molecule has 3 aromatic rings.